The number of likely N-dealkylation sites (tertiary alicyclic amines) is 1. The Hall–Kier alpha value is -2.11. The molecule has 0 spiro atoms. The summed E-state index contributed by atoms with van der Waals surface area (Å²) in [5, 5.41) is 2.96. The van der Waals surface area contributed by atoms with Crippen molar-refractivity contribution in [3.8, 4) is 0 Å². The van der Waals surface area contributed by atoms with Crippen molar-refractivity contribution in [1.29, 1.82) is 0 Å². The quantitative estimate of drug-likeness (QED) is 0.908. The second-order valence-electron chi connectivity index (χ2n) is 7.14. The highest BCUT2D eigenvalue weighted by molar-refractivity contribution is 5.75. The van der Waals surface area contributed by atoms with Gasteiger partial charge in [-0.1, -0.05) is 12.1 Å². The number of amides is 3. The van der Waals surface area contributed by atoms with E-state index in [2.05, 4.69) is 5.32 Å². The van der Waals surface area contributed by atoms with Crippen LogP contribution in [0.15, 0.2) is 12.1 Å². The molecule has 0 saturated carbocycles. The largest absolute Gasteiger partial charge is 0.343 e. The molecule has 138 valence electrons. The first-order valence-corrected chi connectivity index (χ1v) is 8.72. The monoisotopic (exact) mass is 349 g/mol. The van der Waals surface area contributed by atoms with Gasteiger partial charge in [-0.2, -0.15) is 0 Å². The molecular weight excluding hydrogens is 321 g/mol. The van der Waals surface area contributed by atoms with Crippen LogP contribution in [0.25, 0.3) is 0 Å². The average molecular weight is 349 g/mol. The number of nitrogens with zero attached hydrogens (tertiary/aromatic N) is 2. The van der Waals surface area contributed by atoms with Gasteiger partial charge in [0.15, 0.2) is 0 Å². The summed E-state index contributed by atoms with van der Waals surface area (Å²) >= 11 is 0. The summed E-state index contributed by atoms with van der Waals surface area (Å²) < 4.78 is 13.8. The van der Waals surface area contributed by atoms with E-state index < -0.39 is 0 Å². The number of nitrogens with one attached hydrogen (secondary N) is 1. The molecule has 2 rings (SSSR count). The first kappa shape index (κ1) is 19.2. The molecule has 1 saturated heterocycles. The number of urea groups is 1. The second-order valence-corrected chi connectivity index (χ2v) is 7.14. The Balaban J connectivity index is 1.91. The number of aryl methyl sites for hydroxylation is 2. The predicted molar refractivity (Wildman–Crippen MR) is 95.8 cm³/mol. The molecule has 1 aliphatic heterocycles. The number of rotatable bonds is 4. The van der Waals surface area contributed by atoms with Crippen molar-refractivity contribution < 1.29 is 14.0 Å². The van der Waals surface area contributed by atoms with Crippen LogP contribution in [0.4, 0.5) is 9.18 Å². The number of hydrogen-bond acceptors (Lipinski definition) is 2. The molecular formula is C19H28FN3O2. The molecule has 1 aromatic rings. The molecule has 1 heterocycles. The lowest BCUT2D eigenvalue weighted by molar-refractivity contribution is -0.127. The third kappa shape index (κ3) is 4.71. The summed E-state index contributed by atoms with van der Waals surface area (Å²) in [4.78, 5) is 27.3. The first-order valence-electron chi connectivity index (χ1n) is 8.72. The van der Waals surface area contributed by atoms with Crippen LogP contribution in [0.5, 0.6) is 0 Å². The van der Waals surface area contributed by atoms with Crippen molar-refractivity contribution in [1.82, 2.24) is 15.1 Å². The molecule has 2 atom stereocenters. The lowest BCUT2D eigenvalue weighted by Crippen LogP contribution is -2.41. The Morgan fingerprint density at radius 1 is 1.36 bits per heavy atom. The fourth-order valence-electron chi connectivity index (χ4n) is 3.35. The smallest absolute Gasteiger partial charge is 0.317 e. The van der Waals surface area contributed by atoms with Gasteiger partial charge in [0.05, 0.1) is 6.04 Å². The maximum Gasteiger partial charge on any atom is 0.317 e. The normalized spacial score (nSPS) is 18.2. The SMILES string of the molecule is CC(=O)N1CCC(CN(C)C(=O)NC(C)c2cc(C)c(F)c(C)c2)C1. The molecule has 2 unspecified atom stereocenters. The van der Waals surface area contributed by atoms with E-state index in [-0.39, 0.29) is 23.8 Å². The average Bonchev–Trinajstić information content (AvgIpc) is 3.00. The minimum atomic E-state index is -0.203. The number of benzene rings is 1. The summed E-state index contributed by atoms with van der Waals surface area (Å²) in [6.45, 7) is 9.02. The Bertz CT molecular complexity index is 639. The first-order chi connectivity index (χ1) is 11.7. The minimum absolute atomic E-state index is 0.0882. The summed E-state index contributed by atoms with van der Waals surface area (Å²) in [7, 11) is 1.76. The van der Waals surface area contributed by atoms with Gasteiger partial charge in [-0.15, -0.1) is 0 Å². The third-order valence-electron chi connectivity index (χ3n) is 4.91. The molecule has 0 bridgehead atoms. The molecule has 1 fully saturated rings. The van der Waals surface area contributed by atoms with Crippen LogP contribution in [0, 0.1) is 25.6 Å². The molecule has 0 radical (unpaired) electrons. The molecule has 1 aliphatic rings. The molecule has 5 nitrogen and oxygen atoms in total. The van der Waals surface area contributed by atoms with Crippen LogP contribution in [-0.4, -0.2) is 48.4 Å². The van der Waals surface area contributed by atoms with E-state index in [0.717, 1.165) is 18.5 Å². The highest BCUT2D eigenvalue weighted by Gasteiger charge is 2.26. The van der Waals surface area contributed by atoms with Crippen LogP contribution < -0.4 is 5.32 Å². The topological polar surface area (TPSA) is 52.7 Å². The highest BCUT2D eigenvalue weighted by atomic mass is 19.1. The van der Waals surface area contributed by atoms with Gasteiger partial charge in [0.25, 0.3) is 0 Å². The van der Waals surface area contributed by atoms with E-state index in [1.807, 2.05) is 11.8 Å². The minimum Gasteiger partial charge on any atom is -0.343 e. The van der Waals surface area contributed by atoms with Gasteiger partial charge in [-0.25, -0.2) is 9.18 Å². The van der Waals surface area contributed by atoms with Crippen LogP contribution in [0.2, 0.25) is 0 Å². The van der Waals surface area contributed by atoms with Crippen molar-refractivity contribution in [2.75, 3.05) is 26.7 Å². The Kier molecular flexibility index (Phi) is 6.03. The number of hydrogen-bond donors (Lipinski definition) is 1. The van der Waals surface area contributed by atoms with E-state index in [1.54, 1.807) is 44.9 Å². The lowest BCUT2D eigenvalue weighted by Gasteiger charge is -2.24. The fraction of sp³-hybridized carbons (Fsp3) is 0.579. The lowest BCUT2D eigenvalue weighted by atomic mass is 10.0. The zero-order valence-electron chi connectivity index (χ0n) is 15.7. The van der Waals surface area contributed by atoms with Crippen LogP contribution in [0.1, 0.15) is 43.0 Å². The van der Waals surface area contributed by atoms with Gasteiger partial charge < -0.3 is 15.1 Å². The summed E-state index contributed by atoms with van der Waals surface area (Å²) in [6, 6.07) is 3.18. The second kappa shape index (κ2) is 7.85. The maximum absolute atomic E-state index is 13.8. The zero-order valence-corrected chi connectivity index (χ0v) is 15.7. The molecule has 1 N–H and O–H groups in total. The zero-order chi connectivity index (χ0) is 18.7. The maximum atomic E-state index is 13.8. The van der Waals surface area contributed by atoms with E-state index in [4.69, 9.17) is 0 Å². The Labute approximate surface area is 149 Å². The van der Waals surface area contributed by atoms with Gasteiger partial charge in [0.2, 0.25) is 5.91 Å². The van der Waals surface area contributed by atoms with Crippen molar-refractivity contribution in [3.63, 3.8) is 0 Å². The number of carbonyl (C=O) groups excluding carboxylic acids is 2. The van der Waals surface area contributed by atoms with Gasteiger partial charge in [-0.05, 0) is 49.8 Å². The van der Waals surface area contributed by atoms with E-state index in [1.165, 1.54) is 0 Å². The van der Waals surface area contributed by atoms with Crippen molar-refractivity contribution in [2.24, 2.45) is 5.92 Å². The molecule has 3 amide bonds. The van der Waals surface area contributed by atoms with E-state index in [9.17, 15) is 14.0 Å². The highest BCUT2D eigenvalue weighted by Crippen LogP contribution is 2.21. The third-order valence-corrected chi connectivity index (χ3v) is 4.91. The van der Waals surface area contributed by atoms with Gasteiger partial charge in [-0.3, -0.25) is 4.79 Å². The van der Waals surface area contributed by atoms with Gasteiger partial charge in [0, 0.05) is 33.6 Å². The Morgan fingerprint density at radius 3 is 2.48 bits per heavy atom. The Morgan fingerprint density at radius 2 is 1.96 bits per heavy atom. The molecule has 1 aromatic carbocycles. The summed E-state index contributed by atoms with van der Waals surface area (Å²) in [5.41, 5.74) is 2.06. The van der Waals surface area contributed by atoms with E-state index >= 15 is 0 Å². The van der Waals surface area contributed by atoms with Crippen molar-refractivity contribution in [3.05, 3.63) is 34.6 Å². The molecule has 6 heteroatoms. The van der Waals surface area contributed by atoms with Crippen molar-refractivity contribution in [2.45, 2.75) is 40.2 Å². The molecule has 25 heavy (non-hydrogen) atoms. The molecule has 0 aliphatic carbocycles. The summed E-state index contributed by atoms with van der Waals surface area (Å²) in [5.74, 6) is 0.200. The number of halogens is 1. The number of carbonyl (C=O) groups is 2. The van der Waals surface area contributed by atoms with Gasteiger partial charge in [0.1, 0.15) is 5.82 Å². The van der Waals surface area contributed by atoms with E-state index in [0.29, 0.717) is 30.1 Å². The van der Waals surface area contributed by atoms with Crippen LogP contribution in [0.3, 0.4) is 0 Å². The predicted octanol–water partition coefficient (Wildman–Crippen LogP) is 3.01. The summed E-state index contributed by atoms with van der Waals surface area (Å²) in [6.07, 6.45) is 0.920. The molecule has 0 aromatic heterocycles. The van der Waals surface area contributed by atoms with Crippen LogP contribution in [-0.2, 0) is 4.79 Å². The fourth-order valence-corrected chi connectivity index (χ4v) is 3.35. The van der Waals surface area contributed by atoms with Gasteiger partial charge >= 0.3 is 6.03 Å². The standard InChI is InChI=1S/C19H28FN3O2/c1-12-8-17(9-13(2)18(12)20)14(3)21-19(25)22(5)10-16-6-7-23(11-16)15(4)24/h8-9,14,16H,6-7,10-11H2,1-5H3,(H,21,25). The van der Waals surface area contributed by atoms with Crippen molar-refractivity contribution >= 4 is 11.9 Å². The van der Waals surface area contributed by atoms with Crippen LogP contribution >= 0.6 is 0 Å².